The van der Waals surface area contributed by atoms with Gasteiger partial charge in [-0.05, 0) is 56.3 Å². The minimum Gasteiger partial charge on any atom is -0.353 e. The van der Waals surface area contributed by atoms with Gasteiger partial charge in [0.2, 0.25) is 0 Å². The minimum absolute atomic E-state index is 0.0820. The lowest BCUT2D eigenvalue weighted by molar-refractivity contribution is -0.137. The van der Waals surface area contributed by atoms with Crippen LogP contribution in [0.1, 0.15) is 43.0 Å². The lowest BCUT2D eigenvalue weighted by Crippen LogP contribution is -2.42. The first-order valence-corrected chi connectivity index (χ1v) is 10.4. The Hall–Kier alpha value is -2.81. The van der Waals surface area contributed by atoms with E-state index in [1.54, 1.807) is 0 Å². The van der Waals surface area contributed by atoms with Crippen molar-refractivity contribution < 1.29 is 22.8 Å². The standard InChI is InChI=1S/C22H27F3N4O2/c1-28-11-7-10-18(28)19(29-12-4-2-3-5-13-29)15-26-20(30)21(31)27-17-9-6-8-16(14-17)22(23,24)25/h6-11,14,19H,2-5,12-13,15H2,1H3,(H,26,30)(H,27,31). The number of anilines is 1. The number of halogens is 3. The molecule has 9 heteroatoms. The van der Waals surface area contributed by atoms with Crippen molar-refractivity contribution in [1.29, 1.82) is 0 Å². The van der Waals surface area contributed by atoms with E-state index in [4.69, 9.17) is 0 Å². The van der Waals surface area contributed by atoms with Crippen LogP contribution < -0.4 is 10.6 Å². The quantitative estimate of drug-likeness (QED) is 0.703. The molecule has 1 aliphatic heterocycles. The molecule has 2 aromatic rings. The van der Waals surface area contributed by atoms with Gasteiger partial charge in [0.15, 0.2) is 0 Å². The molecule has 2 heterocycles. The number of likely N-dealkylation sites (tertiary alicyclic amines) is 1. The number of benzene rings is 1. The zero-order valence-corrected chi connectivity index (χ0v) is 17.4. The Morgan fingerprint density at radius 3 is 2.35 bits per heavy atom. The van der Waals surface area contributed by atoms with Crippen molar-refractivity contribution in [3.63, 3.8) is 0 Å². The van der Waals surface area contributed by atoms with E-state index in [2.05, 4.69) is 15.5 Å². The number of aromatic nitrogens is 1. The van der Waals surface area contributed by atoms with Crippen LogP contribution in [0.5, 0.6) is 0 Å². The Labute approximate surface area is 179 Å². The molecule has 2 amide bonds. The van der Waals surface area contributed by atoms with Gasteiger partial charge in [-0.15, -0.1) is 0 Å². The lowest BCUT2D eigenvalue weighted by Gasteiger charge is -2.31. The van der Waals surface area contributed by atoms with Crippen molar-refractivity contribution in [2.75, 3.05) is 25.0 Å². The summed E-state index contributed by atoms with van der Waals surface area (Å²) >= 11 is 0. The fourth-order valence-corrected chi connectivity index (χ4v) is 3.88. The number of hydrogen-bond donors (Lipinski definition) is 2. The Bertz CT molecular complexity index is 902. The fraction of sp³-hybridized carbons (Fsp3) is 0.455. The number of alkyl halides is 3. The van der Waals surface area contributed by atoms with Crippen LogP contribution in [-0.4, -0.2) is 40.9 Å². The number of carbonyl (C=O) groups is 2. The van der Waals surface area contributed by atoms with Gasteiger partial charge in [0.1, 0.15) is 0 Å². The topological polar surface area (TPSA) is 66.4 Å². The van der Waals surface area contributed by atoms with Crippen molar-refractivity contribution in [3.8, 4) is 0 Å². The normalized spacial score (nSPS) is 16.4. The van der Waals surface area contributed by atoms with Crippen LogP contribution >= 0.6 is 0 Å². The van der Waals surface area contributed by atoms with Crippen LogP contribution in [0.2, 0.25) is 0 Å². The maximum Gasteiger partial charge on any atom is 0.416 e. The van der Waals surface area contributed by atoms with Gasteiger partial charge in [0.25, 0.3) is 0 Å². The number of carbonyl (C=O) groups excluding carboxylic acids is 2. The number of aryl methyl sites for hydroxylation is 1. The summed E-state index contributed by atoms with van der Waals surface area (Å²) in [6.45, 7) is 2.04. The van der Waals surface area contributed by atoms with E-state index in [1.807, 2.05) is 29.9 Å². The second-order valence-corrected chi connectivity index (χ2v) is 7.75. The van der Waals surface area contributed by atoms with Crippen molar-refractivity contribution in [1.82, 2.24) is 14.8 Å². The van der Waals surface area contributed by atoms with E-state index in [-0.39, 0.29) is 18.3 Å². The van der Waals surface area contributed by atoms with Crippen LogP contribution in [0, 0.1) is 0 Å². The third kappa shape index (κ3) is 6.10. The third-order valence-corrected chi connectivity index (χ3v) is 5.52. The van der Waals surface area contributed by atoms with Gasteiger partial charge >= 0.3 is 18.0 Å². The molecule has 3 rings (SSSR count). The first kappa shape index (κ1) is 22.9. The molecular formula is C22H27F3N4O2. The molecule has 0 radical (unpaired) electrons. The molecule has 1 atom stereocenters. The van der Waals surface area contributed by atoms with E-state index < -0.39 is 23.6 Å². The summed E-state index contributed by atoms with van der Waals surface area (Å²) in [6.07, 6.45) is 1.89. The molecular weight excluding hydrogens is 409 g/mol. The second kappa shape index (κ2) is 10.00. The average Bonchev–Trinajstić information content (AvgIpc) is 2.98. The maximum atomic E-state index is 12.8. The molecule has 1 aromatic heterocycles. The van der Waals surface area contributed by atoms with Crippen LogP contribution in [0.4, 0.5) is 18.9 Å². The van der Waals surface area contributed by atoms with Crippen LogP contribution in [-0.2, 0) is 22.8 Å². The van der Waals surface area contributed by atoms with Crippen molar-refractivity contribution >= 4 is 17.5 Å². The first-order chi connectivity index (χ1) is 14.8. The molecule has 0 spiro atoms. The Kier molecular flexibility index (Phi) is 7.37. The predicted molar refractivity (Wildman–Crippen MR) is 111 cm³/mol. The number of nitrogens with one attached hydrogen (secondary N) is 2. The molecule has 1 aliphatic rings. The van der Waals surface area contributed by atoms with E-state index in [9.17, 15) is 22.8 Å². The molecule has 6 nitrogen and oxygen atoms in total. The minimum atomic E-state index is -4.53. The number of hydrogen-bond acceptors (Lipinski definition) is 3. The molecule has 0 aliphatic carbocycles. The third-order valence-electron chi connectivity index (χ3n) is 5.52. The van der Waals surface area contributed by atoms with Crippen molar-refractivity contribution in [2.24, 2.45) is 7.05 Å². The maximum absolute atomic E-state index is 12.8. The van der Waals surface area contributed by atoms with Gasteiger partial charge < -0.3 is 15.2 Å². The van der Waals surface area contributed by atoms with Crippen molar-refractivity contribution in [2.45, 2.75) is 37.9 Å². The number of rotatable bonds is 5. The molecule has 0 saturated carbocycles. The highest BCUT2D eigenvalue weighted by atomic mass is 19.4. The Morgan fingerprint density at radius 2 is 1.74 bits per heavy atom. The molecule has 168 valence electrons. The largest absolute Gasteiger partial charge is 0.416 e. The summed E-state index contributed by atoms with van der Waals surface area (Å²) in [4.78, 5) is 26.9. The SMILES string of the molecule is Cn1cccc1C(CNC(=O)C(=O)Nc1cccc(C(F)(F)F)c1)N1CCCCCC1. The van der Waals surface area contributed by atoms with E-state index >= 15 is 0 Å². The van der Waals surface area contributed by atoms with E-state index in [0.717, 1.165) is 43.8 Å². The lowest BCUT2D eigenvalue weighted by atomic mass is 10.1. The molecule has 0 bridgehead atoms. The monoisotopic (exact) mass is 436 g/mol. The highest BCUT2D eigenvalue weighted by molar-refractivity contribution is 6.39. The summed E-state index contributed by atoms with van der Waals surface area (Å²) in [5, 5.41) is 4.90. The summed E-state index contributed by atoms with van der Waals surface area (Å²) in [5.41, 5.74) is 0.0533. The predicted octanol–water partition coefficient (Wildman–Crippen LogP) is 3.72. The Balaban J connectivity index is 1.65. The summed E-state index contributed by atoms with van der Waals surface area (Å²) in [5.74, 6) is -1.88. The number of amides is 2. The second-order valence-electron chi connectivity index (χ2n) is 7.75. The molecule has 1 aromatic carbocycles. The van der Waals surface area contributed by atoms with Gasteiger partial charge in [-0.25, -0.2) is 0 Å². The smallest absolute Gasteiger partial charge is 0.353 e. The van der Waals surface area contributed by atoms with E-state index in [0.29, 0.717) is 0 Å². The first-order valence-electron chi connectivity index (χ1n) is 10.4. The van der Waals surface area contributed by atoms with Gasteiger partial charge in [-0.3, -0.25) is 14.5 Å². The fourth-order valence-electron chi connectivity index (χ4n) is 3.88. The van der Waals surface area contributed by atoms with Gasteiger partial charge in [-0.2, -0.15) is 13.2 Å². The molecule has 1 fully saturated rings. The van der Waals surface area contributed by atoms with Crippen molar-refractivity contribution in [3.05, 3.63) is 53.9 Å². The van der Waals surface area contributed by atoms with Crippen LogP contribution in [0.15, 0.2) is 42.6 Å². The van der Waals surface area contributed by atoms with Gasteiger partial charge in [0, 0.05) is 31.2 Å². The molecule has 1 unspecified atom stereocenters. The zero-order valence-electron chi connectivity index (χ0n) is 17.4. The summed E-state index contributed by atoms with van der Waals surface area (Å²) < 4.78 is 40.5. The highest BCUT2D eigenvalue weighted by Crippen LogP contribution is 2.30. The highest BCUT2D eigenvalue weighted by Gasteiger charge is 2.31. The average molecular weight is 436 g/mol. The molecule has 2 N–H and O–H groups in total. The van der Waals surface area contributed by atoms with Crippen LogP contribution in [0.25, 0.3) is 0 Å². The van der Waals surface area contributed by atoms with E-state index in [1.165, 1.54) is 25.0 Å². The van der Waals surface area contributed by atoms with Gasteiger partial charge in [0.05, 0.1) is 11.6 Å². The van der Waals surface area contributed by atoms with Gasteiger partial charge in [-0.1, -0.05) is 18.9 Å². The summed E-state index contributed by atoms with van der Waals surface area (Å²) in [7, 11) is 1.93. The zero-order chi connectivity index (χ0) is 22.4. The molecule has 1 saturated heterocycles. The Morgan fingerprint density at radius 1 is 1.03 bits per heavy atom. The summed E-state index contributed by atoms with van der Waals surface area (Å²) in [6, 6.07) is 8.03. The number of nitrogens with zero attached hydrogens (tertiary/aromatic N) is 2. The molecule has 31 heavy (non-hydrogen) atoms. The van der Waals surface area contributed by atoms with Crippen LogP contribution in [0.3, 0.4) is 0 Å².